The molecule has 6 N–H and O–H groups in total. The Morgan fingerprint density at radius 2 is 1.29 bits per heavy atom. The van der Waals surface area contributed by atoms with Gasteiger partial charge < -0.3 is 17.2 Å². The van der Waals surface area contributed by atoms with Gasteiger partial charge in [-0.1, -0.05) is 6.92 Å². The molecule has 7 heavy (non-hydrogen) atoms. The van der Waals surface area contributed by atoms with Gasteiger partial charge in [-0.3, -0.25) is 0 Å². The van der Waals surface area contributed by atoms with Gasteiger partial charge in [-0.05, 0) is 20.6 Å². The zero-order valence-corrected chi connectivity index (χ0v) is 5.57. The lowest BCUT2D eigenvalue weighted by atomic mass is 10.7. The lowest BCUT2D eigenvalue weighted by Gasteiger charge is -2.00. The summed E-state index contributed by atoms with van der Waals surface area (Å²) in [7, 11) is 4.11. The quantitative estimate of drug-likeness (QED) is 0.522. The zero-order valence-electron chi connectivity index (χ0n) is 5.57. The van der Waals surface area contributed by atoms with E-state index in [4.69, 9.17) is 0 Å². The molecule has 0 aromatic heterocycles. The third-order valence-electron chi connectivity index (χ3n) is 0.632. The van der Waals surface area contributed by atoms with Crippen molar-refractivity contribution in [2.24, 2.45) is 0 Å². The Balaban J connectivity index is -0.0000000800. The second-order valence-corrected chi connectivity index (χ2v) is 1.40. The lowest BCUT2D eigenvalue weighted by molar-refractivity contribution is 0.434. The normalized spacial score (nSPS) is 6.86. The average Bonchev–Trinajstić information content (AvgIpc) is 1.38. The van der Waals surface area contributed by atoms with Crippen molar-refractivity contribution in [2.45, 2.75) is 6.92 Å². The summed E-state index contributed by atoms with van der Waals surface area (Å²) >= 11 is 0. The molecule has 0 aliphatic heterocycles. The van der Waals surface area contributed by atoms with Gasteiger partial charge in [-0.2, -0.15) is 0 Å². The topological polar surface area (TPSA) is 73.2 Å². The first kappa shape index (κ1) is 15.8. The molecule has 0 saturated heterocycles. The van der Waals surface area contributed by atoms with Crippen molar-refractivity contribution in [3.05, 3.63) is 0 Å². The van der Waals surface area contributed by atoms with Crippen molar-refractivity contribution in [1.82, 2.24) is 17.2 Å². The van der Waals surface area contributed by atoms with Gasteiger partial charge in [-0.25, -0.2) is 0 Å². The summed E-state index contributed by atoms with van der Waals surface area (Å²) in [5.41, 5.74) is 0. The first-order valence-electron chi connectivity index (χ1n) is 1.92. The third-order valence-corrected chi connectivity index (χ3v) is 0.632. The Kier molecular flexibility index (Phi) is 21.0. The van der Waals surface area contributed by atoms with Gasteiger partial charge in [0.05, 0.1) is 0 Å². The highest BCUT2D eigenvalue weighted by molar-refractivity contribution is 4.25. The predicted molar refractivity (Wildman–Crippen MR) is 34.3 cm³/mol. The Bertz CT molecular complexity index is 20.9. The molecule has 3 nitrogen and oxygen atoms in total. The Labute approximate surface area is 45.9 Å². The van der Waals surface area contributed by atoms with Crippen LogP contribution >= 0.6 is 0 Å². The molecule has 3 heteroatoms. The number of hydrogen-bond donors (Lipinski definition) is 2. The highest BCUT2D eigenvalue weighted by Crippen LogP contribution is 1.63. The van der Waals surface area contributed by atoms with Crippen molar-refractivity contribution >= 4 is 0 Å². The summed E-state index contributed by atoms with van der Waals surface area (Å²) in [6.07, 6.45) is 0. The lowest BCUT2D eigenvalue weighted by Crippen LogP contribution is -2.08. The summed E-state index contributed by atoms with van der Waals surface area (Å²) in [6.45, 7) is 3.26. The Morgan fingerprint density at radius 3 is 1.29 bits per heavy atom. The van der Waals surface area contributed by atoms with E-state index in [-0.39, 0.29) is 12.3 Å². The molecular weight excluding hydrogens is 90.1 g/mol. The molecule has 0 radical (unpaired) electrons. The molecular formula is C4H17N3. The number of hydrogen-bond acceptors (Lipinski definition) is 3. The zero-order chi connectivity index (χ0) is 4.28. The highest BCUT2D eigenvalue weighted by Gasteiger charge is 1.72. The predicted octanol–water partition coefficient (Wildman–Crippen LogP) is 0.892. The fraction of sp³-hybridized carbons (Fsp3) is 1.00. The maximum absolute atomic E-state index is 2.12. The highest BCUT2D eigenvalue weighted by atomic mass is 15.0. The van der Waals surface area contributed by atoms with Gasteiger partial charge in [-0.15, -0.1) is 0 Å². The van der Waals surface area contributed by atoms with Gasteiger partial charge in [0, 0.05) is 0 Å². The van der Waals surface area contributed by atoms with Crippen LogP contribution in [0.25, 0.3) is 0 Å². The molecule has 0 aromatic rings. The molecule has 0 unspecified atom stereocenters. The molecule has 0 spiro atoms. The molecule has 0 aromatic carbocycles. The first-order chi connectivity index (χ1) is 2.27. The van der Waals surface area contributed by atoms with Crippen LogP contribution < -0.4 is 12.3 Å². The largest absolute Gasteiger partial charge is 0.344 e. The minimum Gasteiger partial charge on any atom is -0.344 e. The molecule has 0 aliphatic rings. The van der Waals surface area contributed by atoms with E-state index in [0.717, 1.165) is 6.54 Å². The van der Waals surface area contributed by atoms with E-state index >= 15 is 0 Å². The second kappa shape index (κ2) is 9.30. The van der Waals surface area contributed by atoms with Crippen LogP contribution in [0.4, 0.5) is 0 Å². The maximum Gasteiger partial charge on any atom is -0.00533 e. The standard InChI is InChI=1S/C4H11N.2H3N/c1-4-5(2)3;;/h4H2,1-3H3;2*1H3. The first-order valence-corrected chi connectivity index (χ1v) is 1.92. The third kappa shape index (κ3) is 25.0. The van der Waals surface area contributed by atoms with Gasteiger partial charge in [0.15, 0.2) is 0 Å². The van der Waals surface area contributed by atoms with E-state index in [1.54, 1.807) is 0 Å². The fourth-order valence-electron chi connectivity index (χ4n) is 0. The SMILES string of the molecule is CCN(C)C.N.N. The van der Waals surface area contributed by atoms with E-state index in [1.165, 1.54) is 0 Å². The van der Waals surface area contributed by atoms with E-state index in [2.05, 4.69) is 25.9 Å². The van der Waals surface area contributed by atoms with Crippen LogP contribution in [-0.4, -0.2) is 25.5 Å². The second-order valence-electron chi connectivity index (χ2n) is 1.40. The molecule has 0 fully saturated rings. The molecule has 0 rings (SSSR count). The molecule has 0 amide bonds. The van der Waals surface area contributed by atoms with E-state index in [0.29, 0.717) is 0 Å². The van der Waals surface area contributed by atoms with Gasteiger partial charge >= 0.3 is 0 Å². The minimum absolute atomic E-state index is 0. The number of rotatable bonds is 1. The van der Waals surface area contributed by atoms with Crippen molar-refractivity contribution in [3.8, 4) is 0 Å². The summed E-state index contributed by atoms with van der Waals surface area (Å²) in [6, 6.07) is 0. The van der Waals surface area contributed by atoms with Crippen LogP contribution in [0.3, 0.4) is 0 Å². The summed E-state index contributed by atoms with van der Waals surface area (Å²) in [4.78, 5) is 2.12. The summed E-state index contributed by atoms with van der Waals surface area (Å²) < 4.78 is 0. The Hall–Kier alpha value is -0.120. The molecule has 0 aliphatic carbocycles. The van der Waals surface area contributed by atoms with Crippen LogP contribution in [0.5, 0.6) is 0 Å². The minimum atomic E-state index is 0. The molecule has 0 atom stereocenters. The van der Waals surface area contributed by atoms with Gasteiger partial charge in [0.25, 0.3) is 0 Å². The number of nitrogens with zero attached hydrogens (tertiary/aromatic N) is 1. The molecule has 0 heterocycles. The summed E-state index contributed by atoms with van der Waals surface area (Å²) in [5, 5.41) is 0. The van der Waals surface area contributed by atoms with Crippen LogP contribution in [0.2, 0.25) is 0 Å². The van der Waals surface area contributed by atoms with Crippen LogP contribution in [0.1, 0.15) is 6.92 Å². The van der Waals surface area contributed by atoms with Crippen molar-refractivity contribution < 1.29 is 0 Å². The van der Waals surface area contributed by atoms with Gasteiger partial charge in [0.2, 0.25) is 0 Å². The van der Waals surface area contributed by atoms with Crippen molar-refractivity contribution in [2.75, 3.05) is 20.6 Å². The van der Waals surface area contributed by atoms with Crippen LogP contribution in [0, 0.1) is 0 Å². The van der Waals surface area contributed by atoms with E-state index < -0.39 is 0 Å². The Morgan fingerprint density at radius 1 is 1.14 bits per heavy atom. The van der Waals surface area contributed by atoms with E-state index in [9.17, 15) is 0 Å². The molecule has 0 saturated carbocycles. The molecule has 48 valence electrons. The maximum atomic E-state index is 2.12. The fourth-order valence-corrected chi connectivity index (χ4v) is 0. The monoisotopic (exact) mass is 107 g/mol. The van der Waals surface area contributed by atoms with Crippen molar-refractivity contribution in [3.63, 3.8) is 0 Å². The van der Waals surface area contributed by atoms with Crippen LogP contribution in [-0.2, 0) is 0 Å². The van der Waals surface area contributed by atoms with Crippen LogP contribution in [0.15, 0.2) is 0 Å². The van der Waals surface area contributed by atoms with E-state index in [1.807, 2.05) is 0 Å². The van der Waals surface area contributed by atoms with Gasteiger partial charge in [0.1, 0.15) is 0 Å². The summed E-state index contributed by atoms with van der Waals surface area (Å²) in [5.74, 6) is 0. The average molecular weight is 107 g/mol. The smallest absolute Gasteiger partial charge is 0.00533 e. The molecule has 0 bridgehead atoms. The van der Waals surface area contributed by atoms with Crippen molar-refractivity contribution in [1.29, 1.82) is 0 Å².